The van der Waals surface area contributed by atoms with Gasteiger partial charge in [0, 0.05) is 19.0 Å². The maximum Gasteiger partial charge on any atom is 0.311 e. The van der Waals surface area contributed by atoms with Gasteiger partial charge in [0.1, 0.15) is 0 Å². The maximum absolute atomic E-state index is 11.6. The Morgan fingerprint density at radius 1 is 1.60 bits per heavy atom. The van der Waals surface area contributed by atoms with Crippen LogP contribution in [-0.4, -0.2) is 39.2 Å². The molecule has 0 amide bonds. The van der Waals surface area contributed by atoms with Crippen LogP contribution >= 0.6 is 0 Å². The van der Waals surface area contributed by atoms with Crippen LogP contribution in [0.1, 0.15) is 50.7 Å². The standard InChI is InChI=1S/C14H21N3O3/c1-9(2)12-15-11(16-20-12)7-17-6-10-4-3-5-14(10,8-17)13(18)19/h9-10H,3-8H2,1-2H3,(H,18,19)/t10-,14+/m0/s1. The number of carboxylic acid groups (broad SMARTS) is 1. The first-order chi connectivity index (χ1) is 9.51. The average molecular weight is 279 g/mol. The highest BCUT2D eigenvalue weighted by molar-refractivity contribution is 5.76. The fourth-order valence-electron chi connectivity index (χ4n) is 3.63. The molecule has 2 atom stereocenters. The fourth-order valence-corrected chi connectivity index (χ4v) is 3.63. The third kappa shape index (κ3) is 2.12. The molecule has 0 spiro atoms. The number of aliphatic carboxylic acids is 1. The smallest absolute Gasteiger partial charge is 0.311 e. The van der Waals surface area contributed by atoms with Crippen LogP contribution in [-0.2, 0) is 11.3 Å². The van der Waals surface area contributed by atoms with Crippen molar-refractivity contribution in [1.29, 1.82) is 0 Å². The van der Waals surface area contributed by atoms with Gasteiger partial charge in [-0.1, -0.05) is 25.4 Å². The number of carboxylic acids is 1. The summed E-state index contributed by atoms with van der Waals surface area (Å²) in [6, 6.07) is 0. The zero-order chi connectivity index (χ0) is 14.3. The van der Waals surface area contributed by atoms with Gasteiger partial charge in [-0.05, 0) is 18.8 Å². The van der Waals surface area contributed by atoms with Crippen molar-refractivity contribution in [2.75, 3.05) is 13.1 Å². The minimum Gasteiger partial charge on any atom is -0.481 e. The van der Waals surface area contributed by atoms with Crippen LogP contribution < -0.4 is 0 Å². The van der Waals surface area contributed by atoms with Gasteiger partial charge in [0.2, 0.25) is 5.89 Å². The van der Waals surface area contributed by atoms with Crippen molar-refractivity contribution in [2.45, 2.75) is 45.6 Å². The molecule has 2 fully saturated rings. The monoisotopic (exact) mass is 279 g/mol. The minimum absolute atomic E-state index is 0.222. The predicted octanol–water partition coefficient (Wildman–Crippen LogP) is 1.88. The van der Waals surface area contributed by atoms with E-state index in [2.05, 4.69) is 15.0 Å². The molecule has 1 N–H and O–H groups in total. The van der Waals surface area contributed by atoms with E-state index in [9.17, 15) is 9.90 Å². The number of rotatable bonds is 4. The van der Waals surface area contributed by atoms with E-state index in [0.717, 1.165) is 25.8 Å². The van der Waals surface area contributed by atoms with Crippen molar-refractivity contribution in [2.24, 2.45) is 11.3 Å². The highest BCUT2D eigenvalue weighted by Gasteiger charge is 2.54. The molecular weight excluding hydrogens is 258 g/mol. The van der Waals surface area contributed by atoms with Crippen LogP contribution in [0.4, 0.5) is 0 Å². The molecule has 0 bridgehead atoms. The topological polar surface area (TPSA) is 79.5 Å². The fraction of sp³-hybridized carbons (Fsp3) is 0.786. The van der Waals surface area contributed by atoms with E-state index in [1.165, 1.54) is 0 Å². The van der Waals surface area contributed by atoms with Crippen LogP contribution in [0.2, 0.25) is 0 Å². The van der Waals surface area contributed by atoms with Crippen LogP contribution in [0.3, 0.4) is 0 Å². The summed E-state index contributed by atoms with van der Waals surface area (Å²) in [5.41, 5.74) is -0.537. The molecule has 0 aromatic carbocycles. The van der Waals surface area contributed by atoms with E-state index in [0.29, 0.717) is 24.8 Å². The molecule has 20 heavy (non-hydrogen) atoms. The van der Waals surface area contributed by atoms with Gasteiger partial charge in [0.25, 0.3) is 0 Å². The Bertz CT molecular complexity index is 514. The first-order valence-electron chi connectivity index (χ1n) is 7.29. The second-order valence-corrected chi connectivity index (χ2v) is 6.42. The third-order valence-corrected chi connectivity index (χ3v) is 4.71. The second-order valence-electron chi connectivity index (χ2n) is 6.42. The van der Waals surface area contributed by atoms with Crippen LogP contribution in [0.15, 0.2) is 4.52 Å². The molecule has 6 nitrogen and oxygen atoms in total. The molecule has 6 heteroatoms. The molecular formula is C14H21N3O3. The van der Waals surface area contributed by atoms with Gasteiger partial charge in [0.15, 0.2) is 5.82 Å². The van der Waals surface area contributed by atoms with E-state index >= 15 is 0 Å². The van der Waals surface area contributed by atoms with Gasteiger partial charge in [0.05, 0.1) is 12.0 Å². The van der Waals surface area contributed by atoms with Crippen molar-refractivity contribution < 1.29 is 14.4 Å². The van der Waals surface area contributed by atoms with E-state index in [1.54, 1.807) is 0 Å². The molecule has 3 rings (SSSR count). The lowest BCUT2D eigenvalue weighted by atomic mass is 9.81. The van der Waals surface area contributed by atoms with Crippen molar-refractivity contribution in [1.82, 2.24) is 15.0 Å². The van der Waals surface area contributed by atoms with Gasteiger partial charge in [-0.25, -0.2) is 0 Å². The average Bonchev–Trinajstić information content (AvgIpc) is 3.02. The lowest BCUT2D eigenvalue weighted by Gasteiger charge is -2.23. The quantitative estimate of drug-likeness (QED) is 0.906. The van der Waals surface area contributed by atoms with Gasteiger partial charge in [-0.2, -0.15) is 4.98 Å². The van der Waals surface area contributed by atoms with Crippen molar-refractivity contribution in [3.63, 3.8) is 0 Å². The Labute approximate surface area is 118 Å². The van der Waals surface area contributed by atoms with Gasteiger partial charge < -0.3 is 9.63 Å². The summed E-state index contributed by atoms with van der Waals surface area (Å²) in [7, 11) is 0. The second kappa shape index (κ2) is 4.84. The molecule has 1 aliphatic carbocycles. The molecule has 1 aromatic heterocycles. The molecule has 2 heterocycles. The largest absolute Gasteiger partial charge is 0.481 e. The van der Waals surface area contributed by atoms with Crippen LogP contribution in [0.25, 0.3) is 0 Å². The summed E-state index contributed by atoms with van der Waals surface area (Å²) in [6.45, 7) is 6.05. The number of hydrogen-bond acceptors (Lipinski definition) is 5. The zero-order valence-electron chi connectivity index (χ0n) is 12.0. The molecule has 0 radical (unpaired) electrons. The zero-order valence-corrected chi connectivity index (χ0v) is 12.0. The van der Waals surface area contributed by atoms with Crippen LogP contribution in [0, 0.1) is 11.3 Å². The molecule has 0 unspecified atom stereocenters. The highest BCUT2D eigenvalue weighted by atomic mass is 16.5. The predicted molar refractivity (Wildman–Crippen MR) is 71.1 cm³/mol. The molecule has 1 aliphatic heterocycles. The highest BCUT2D eigenvalue weighted by Crippen LogP contribution is 2.49. The summed E-state index contributed by atoms with van der Waals surface area (Å²) < 4.78 is 5.20. The SMILES string of the molecule is CC(C)c1nc(CN2C[C@@H]3CCC[C@@]3(C(=O)O)C2)no1. The molecule has 2 aliphatic rings. The van der Waals surface area contributed by atoms with E-state index in [4.69, 9.17) is 4.52 Å². The number of nitrogens with zero attached hydrogens (tertiary/aromatic N) is 3. The number of carbonyl (C=O) groups is 1. The summed E-state index contributed by atoms with van der Waals surface area (Å²) in [6.07, 6.45) is 2.85. The Kier molecular flexibility index (Phi) is 3.28. The van der Waals surface area contributed by atoms with E-state index in [1.807, 2.05) is 13.8 Å². The van der Waals surface area contributed by atoms with Crippen molar-refractivity contribution in [3.05, 3.63) is 11.7 Å². The Morgan fingerprint density at radius 3 is 3.00 bits per heavy atom. The molecule has 1 saturated heterocycles. The third-order valence-electron chi connectivity index (χ3n) is 4.71. The first kappa shape index (κ1) is 13.5. The Balaban J connectivity index is 1.69. The minimum atomic E-state index is -0.640. The number of aromatic nitrogens is 2. The first-order valence-corrected chi connectivity index (χ1v) is 7.29. The van der Waals surface area contributed by atoms with Crippen LogP contribution in [0.5, 0.6) is 0 Å². The number of hydrogen-bond donors (Lipinski definition) is 1. The molecule has 110 valence electrons. The number of likely N-dealkylation sites (tertiary alicyclic amines) is 1. The summed E-state index contributed by atoms with van der Waals surface area (Å²) >= 11 is 0. The summed E-state index contributed by atoms with van der Waals surface area (Å²) in [4.78, 5) is 18.1. The van der Waals surface area contributed by atoms with Crippen molar-refractivity contribution >= 4 is 5.97 Å². The Hall–Kier alpha value is -1.43. The van der Waals surface area contributed by atoms with Gasteiger partial charge in [-0.15, -0.1) is 0 Å². The number of fused-ring (bicyclic) bond motifs is 1. The summed E-state index contributed by atoms with van der Waals surface area (Å²) in [5.74, 6) is 1.16. The van der Waals surface area contributed by atoms with E-state index in [-0.39, 0.29) is 11.8 Å². The Morgan fingerprint density at radius 2 is 2.40 bits per heavy atom. The van der Waals surface area contributed by atoms with E-state index < -0.39 is 11.4 Å². The maximum atomic E-state index is 11.6. The van der Waals surface area contributed by atoms with Gasteiger partial charge >= 0.3 is 5.97 Å². The van der Waals surface area contributed by atoms with Gasteiger partial charge in [-0.3, -0.25) is 9.69 Å². The molecule has 1 aromatic rings. The lowest BCUT2D eigenvalue weighted by Crippen LogP contribution is -2.35. The lowest BCUT2D eigenvalue weighted by molar-refractivity contribution is -0.149. The summed E-state index contributed by atoms with van der Waals surface area (Å²) in [5, 5.41) is 13.5. The van der Waals surface area contributed by atoms with Crippen molar-refractivity contribution in [3.8, 4) is 0 Å². The molecule has 1 saturated carbocycles. The normalized spacial score (nSPS) is 30.1.